The standard InChI is InChI=1S/C14H21NOS/c1-2-17-14-5-3-4-13(14)15-10-11-6-8-12(16)9-7-11/h6-9,13-16H,2-5,10H2,1H3. The van der Waals surface area contributed by atoms with E-state index in [1.165, 1.54) is 30.6 Å². The first-order chi connectivity index (χ1) is 8.29. The Morgan fingerprint density at radius 2 is 2.06 bits per heavy atom. The number of benzene rings is 1. The van der Waals surface area contributed by atoms with E-state index in [0.717, 1.165) is 11.8 Å². The second-order valence-electron chi connectivity index (χ2n) is 4.58. The smallest absolute Gasteiger partial charge is 0.115 e. The molecule has 1 aliphatic rings. The zero-order valence-electron chi connectivity index (χ0n) is 10.4. The van der Waals surface area contributed by atoms with E-state index in [1.807, 2.05) is 12.1 Å². The second-order valence-corrected chi connectivity index (χ2v) is 6.09. The van der Waals surface area contributed by atoms with Gasteiger partial charge in [-0.2, -0.15) is 11.8 Å². The van der Waals surface area contributed by atoms with Crippen molar-refractivity contribution in [3.8, 4) is 5.75 Å². The zero-order chi connectivity index (χ0) is 12.1. The van der Waals surface area contributed by atoms with Crippen LogP contribution in [0.15, 0.2) is 24.3 Å². The average Bonchev–Trinajstić information content (AvgIpc) is 2.77. The van der Waals surface area contributed by atoms with E-state index < -0.39 is 0 Å². The summed E-state index contributed by atoms with van der Waals surface area (Å²) in [5.74, 6) is 1.55. The number of phenolic OH excluding ortho intramolecular Hbond substituents is 1. The van der Waals surface area contributed by atoms with Crippen LogP contribution >= 0.6 is 11.8 Å². The van der Waals surface area contributed by atoms with Gasteiger partial charge in [-0.25, -0.2) is 0 Å². The Kier molecular flexibility index (Phi) is 4.75. The minimum Gasteiger partial charge on any atom is -0.508 e. The third-order valence-corrected chi connectivity index (χ3v) is 4.66. The number of hydrogen-bond acceptors (Lipinski definition) is 3. The predicted octanol–water partition coefficient (Wildman–Crippen LogP) is 3.16. The SMILES string of the molecule is CCSC1CCCC1NCc1ccc(O)cc1. The molecule has 0 spiro atoms. The number of nitrogens with one attached hydrogen (secondary N) is 1. The van der Waals surface area contributed by atoms with E-state index in [4.69, 9.17) is 0 Å². The fourth-order valence-corrected chi connectivity index (χ4v) is 3.66. The first kappa shape index (κ1) is 12.8. The van der Waals surface area contributed by atoms with E-state index in [9.17, 15) is 5.11 Å². The minimum atomic E-state index is 0.342. The molecule has 2 unspecified atom stereocenters. The Morgan fingerprint density at radius 1 is 1.29 bits per heavy atom. The molecule has 1 aromatic carbocycles. The molecule has 2 nitrogen and oxygen atoms in total. The molecule has 17 heavy (non-hydrogen) atoms. The summed E-state index contributed by atoms with van der Waals surface area (Å²) in [5.41, 5.74) is 1.25. The van der Waals surface area contributed by atoms with Crippen molar-refractivity contribution in [2.75, 3.05) is 5.75 Å². The van der Waals surface area contributed by atoms with Crippen LogP contribution in [0.4, 0.5) is 0 Å². The molecule has 1 saturated carbocycles. The monoisotopic (exact) mass is 251 g/mol. The number of hydrogen-bond donors (Lipinski definition) is 2. The highest BCUT2D eigenvalue weighted by molar-refractivity contribution is 7.99. The third kappa shape index (κ3) is 3.65. The molecule has 94 valence electrons. The Balaban J connectivity index is 1.83. The molecule has 0 aromatic heterocycles. The number of phenols is 1. The zero-order valence-corrected chi connectivity index (χ0v) is 11.2. The van der Waals surface area contributed by atoms with Crippen molar-refractivity contribution in [1.29, 1.82) is 0 Å². The topological polar surface area (TPSA) is 32.3 Å². The molecule has 0 amide bonds. The van der Waals surface area contributed by atoms with Gasteiger partial charge in [-0.05, 0) is 36.3 Å². The van der Waals surface area contributed by atoms with Gasteiger partial charge in [0.2, 0.25) is 0 Å². The maximum atomic E-state index is 9.22. The highest BCUT2D eigenvalue weighted by Gasteiger charge is 2.26. The maximum Gasteiger partial charge on any atom is 0.115 e. The van der Waals surface area contributed by atoms with E-state index in [1.54, 1.807) is 12.1 Å². The van der Waals surface area contributed by atoms with Gasteiger partial charge >= 0.3 is 0 Å². The molecule has 0 aliphatic heterocycles. The quantitative estimate of drug-likeness (QED) is 0.843. The highest BCUT2D eigenvalue weighted by atomic mass is 32.2. The van der Waals surface area contributed by atoms with Gasteiger partial charge in [0.25, 0.3) is 0 Å². The Morgan fingerprint density at radius 3 is 2.76 bits per heavy atom. The largest absolute Gasteiger partial charge is 0.508 e. The van der Waals surface area contributed by atoms with Gasteiger partial charge in [0, 0.05) is 17.8 Å². The second kappa shape index (κ2) is 6.31. The molecule has 2 N–H and O–H groups in total. The molecule has 0 heterocycles. The van der Waals surface area contributed by atoms with Crippen molar-refractivity contribution < 1.29 is 5.11 Å². The summed E-state index contributed by atoms with van der Waals surface area (Å²) < 4.78 is 0. The Labute approximate surface area is 108 Å². The fraction of sp³-hybridized carbons (Fsp3) is 0.571. The van der Waals surface area contributed by atoms with Crippen LogP contribution in [-0.4, -0.2) is 22.2 Å². The van der Waals surface area contributed by atoms with Gasteiger partial charge in [-0.15, -0.1) is 0 Å². The molecular weight excluding hydrogens is 230 g/mol. The molecule has 2 rings (SSSR count). The number of rotatable bonds is 5. The molecular formula is C14H21NOS. The molecule has 0 radical (unpaired) electrons. The van der Waals surface area contributed by atoms with Gasteiger partial charge in [0.05, 0.1) is 0 Å². The molecule has 1 aliphatic carbocycles. The third-order valence-electron chi connectivity index (χ3n) is 3.34. The molecule has 1 aromatic rings. The Bertz CT molecular complexity index is 339. The first-order valence-corrected chi connectivity index (χ1v) is 7.47. The first-order valence-electron chi connectivity index (χ1n) is 6.42. The summed E-state index contributed by atoms with van der Waals surface area (Å²) in [6, 6.07) is 8.14. The van der Waals surface area contributed by atoms with Crippen molar-refractivity contribution in [1.82, 2.24) is 5.32 Å². The van der Waals surface area contributed by atoms with Gasteiger partial charge < -0.3 is 10.4 Å². The van der Waals surface area contributed by atoms with Crippen molar-refractivity contribution in [3.63, 3.8) is 0 Å². The lowest BCUT2D eigenvalue weighted by atomic mass is 10.2. The lowest BCUT2D eigenvalue weighted by molar-refractivity contribution is 0.474. The minimum absolute atomic E-state index is 0.342. The van der Waals surface area contributed by atoms with Crippen LogP contribution in [0.1, 0.15) is 31.7 Å². The van der Waals surface area contributed by atoms with E-state index in [0.29, 0.717) is 11.8 Å². The maximum absolute atomic E-state index is 9.22. The summed E-state index contributed by atoms with van der Waals surface area (Å²) in [4.78, 5) is 0. The van der Waals surface area contributed by atoms with Gasteiger partial charge in [-0.1, -0.05) is 25.5 Å². The number of thioether (sulfide) groups is 1. The van der Waals surface area contributed by atoms with E-state index in [2.05, 4.69) is 24.0 Å². The molecule has 1 fully saturated rings. The van der Waals surface area contributed by atoms with Gasteiger partial charge in [-0.3, -0.25) is 0 Å². The number of aromatic hydroxyl groups is 1. The summed E-state index contributed by atoms with van der Waals surface area (Å²) in [6.07, 6.45) is 4.01. The van der Waals surface area contributed by atoms with Crippen molar-refractivity contribution in [2.45, 2.75) is 44.0 Å². The Hall–Kier alpha value is -0.670. The van der Waals surface area contributed by atoms with Crippen LogP contribution in [-0.2, 0) is 6.54 Å². The summed E-state index contributed by atoms with van der Waals surface area (Å²) >= 11 is 2.08. The van der Waals surface area contributed by atoms with Crippen LogP contribution < -0.4 is 5.32 Å². The summed E-state index contributed by atoms with van der Waals surface area (Å²) in [7, 11) is 0. The lowest BCUT2D eigenvalue weighted by Crippen LogP contribution is -2.33. The van der Waals surface area contributed by atoms with Crippen molar-refractivity contribution >= 4 is 11.8 Å². The predicted molar refractivity (Wildman–Crippen MR) is 74.5 cm³/mol. The molecule has 0 saturated heterocycles. The van der Waals surface area contributed by atoms with E-state index >= 15 is 0 Å². The summed E-state index contributed by atoms with van der Waals surface area (Å²) in [5, 5.41) is 13.7. The average molecular weight is 251 g/mol. The normalized spacial score (nSPS) is 24.1. The molecule has 3 heteroatoms. The van der Waals surface area contributed by atoms with Crippen molar-refractivity contribution in [2.24, 2.45) is 0 Å². The lowest BCUT2D eigenvalue weighted by Gasteiger charge is -2.20. The van der Waals surface area contributed by atoms with Crippen LogP contribution in [0.25, 0.3) is 0 Å². The van der Waals surface area contributed by atoms with Gasteiger partial charge in [0.15, 0.2) is 0 Å². The molecule has 2 atom stereocenters. The van der Waals surface area contributed by atoms with Crippen LogP contribution in [0.3, 0.4) is 0 Å². The van der Waals surface area contributed by atoms with Crippen LogP contribution in [0.2, 0.25) is 0 Å². The highest BCUT2D eigenvalue weighted by Crippen LogP contribution is 2.30. The molecule has 0 bridgehead atoms. The van der Waals surface area contributed by atoms with Crippen LogP contribution in [0.5, 0.6) is 5.75 Å². The van der Waals surface area contributed by atoms with Crippen LogP contribution in [0, 0.1) is 0 Å². The van der Waals surface area contributed by atoms with Gasteiger partial charge in [0.1, 0.15) is 5.75 Å². The summed E-state index contributed by atoms with van der Waals surface area (Å²) in [6.45, 7) is 3.14. The van der Waals surface area contributed by atoms with E-state index in [-0.39, 0.29) is 0 Å². The van der Waals surface area contributed by atoms with Crippen molar-refractivity contribution in [3.05, 3.63) is 29.8 Å². The fourth-order valence-electron chi connectivity index (χ4n) is 2.44.